The number of aryl methyl sites for hydroxylation is 2. The van der Waals surface area contributed by atoms with E-state index in [1.807, 2.05) is 42.7 Å². The van der Waals surface area contributed by atoms with Crippen LogP contribution in [0.25, 0.3) is 17.1 Å². The summed E-state index contributed by atoms with van der Waals surface area (Å²) in [6.45, 7) is 5.37. The number of benzene rings is 2. The number of amides is 1. The summed E-state index contributed by atoms with van der Waals surface area (Å²) in [6.07, 6.45) is 2.14. The maximum atomic E-state index is 12.4. The Balaban J connectivity index is 1.60. The zero-order valence-electron chi connectivity index (χ0n) is 17.7. The molecule has 0 saturated carbocycles. The third kappa shape index (κ3) is 4.91. The molecule has 1 atom stereocenters. The van der Waals surface area contributed by atoms with E-state index in [-0.39, 0.29) is 23.5 Å². The highest BCUT2D eigenvalue weighted by Crippen LogP contribution is 2.33. The van der Waals surface area contributed by atoms with E-state index in [0.29, 0.717) is 23.1 Å². The van der Waals surface area contributed by atoms with Crippen molar-refractivity contribution < 1.29 is 14.6 Å². The number of hydrogen-bond donors (Lipinski definition) is 2. The van der Waals surface area contributed by atoms with Crippen molar-refractivity contribution in [3.05, 3.63) is 53.6 Å². The number of carbonyl (C=O) groups is 1. The van der Waals surface area contributed by atoms with Crippen molar-refractivity contribution in [2.24, 2.45) is 0 Å². The summed E-state index contributed by atoms with van der Waals surface area (Å²) in [5, 5.41) is 22.6. The average Bonchev–Trinajstić information content (AvgIpc) is 3.41. The van der Waals surface area contributed by atoms with Crippen molar-refractivity contribution >= 4 is 17.7 Å². The number of phenols is 1. The third-order valence-corrected chi connectivity index (χ3v) is 6.18. The minimum absolute atomic E-state index is 0.0696. The van der Waals surface area contributed by atoms with Gasteiger partial charge in [-0.25, -0.2) is 0 Å². The van der Waals surface area contributed by atoms with Crippen LogP contribution in [0.4, 0.5) is 0 Å². The number of aromatic nitrogens is 3. The highest BCUT2D eigenvalue weighted by molar-refractivity contribution is 7.99. The van der Waals surface area contributed by atoms with Gasteiger partial charge in [0.1, 0.15) is 5.75 Å². The molecule has 3 aromatic rings. The molecule has 0 radical (unpaired) electrons. The molecule has 2 aromatic carbocycles. The Hall–Kier alpha value is -2.84. The van der Waals surface area contributed by atoms with E-state index in [2.05, 4.69) is 21.6 Å². The molecule has 31 heavy (non-hydrogen) atoms. The fourth-order valence-corrected chi connectivity index (χ4v) is 4.46. The van der Waals surface area contributed by atoms with Gasteiger partial charge >= 0.3 is 0 Å². The molecule has 1 aliphatic rings. The topological polar surface area (TPSA) is 89.3 Å². The SMILES string of the molecule is Cc1ccc(-n2c(SCC(=O)NC[C@H]3CCCO3)nnc2-c2ccccc2O)c(C)c1. The summed E-state index contributed by atoms with van der Waals surface area (Å²) in [4.78, 5) is 12.4. The first-order chi connectivity index (χ1) is 15.0. The van der Waals surface area contributed by atoms with E-state index >= 15 is 0 Å². The molecule has 162 valence electrons. The molecule has 0 aliphatic carbocycles. The minimum Gasteiger partial charge on any atom is -0.507 e. The molecule has 0 bridgehead atoms. The number of phenolic OH excluding ortho intramolecular Hbond substituents is 1. The lowest BCUT2D eigenvalue weighted by atomic mass is 10.1. The molecule has 4 rings (SSSR count). The van der Waals surface area contributed by atoms with Gasteiger partial charge in [-0.3, -0.25) is 9.36 Å². The van der Waals surface area contributed by atoms with Gasteiger partial charge in [0, 0.05) is 13.2 Å². The lowest BCUT2D eigenvalue weighted by Crippen LogP contribution is -2.32. The molecule has 0 spiro atoms. The molecule has 1 aromatic heterocycles. The largest absolute Gasteiger partial charge is 0.507 e. The molecule has 1 amide bonds. The van der Waals surface area contributed by atoms with E-state index < -0.39 is 0 Å². The molecular weight excluding hydrogens is 412 g/mol. The van der Waals surface area contributed by atoms with Gasteiger partial charge in [0.25, 0.3) is 0 Å². The first kappa shape index (κ1) is 21.4. The predicted molar refractivity (Wildman–Crippen MR) is 121 cm³/mol. The lowest BCUT2D eigenvalue weighted by molar-refractivity contribution is -0.119. The summed E-state index contributed by atoms with van der Waals surface area (Å²) in [7, 11) is 0. The van der Waals surface area contributed by atoms with Gasteiger partial charge in [-0.05, 0) is 50.5 Å². The number of carbonyl (C=O) groups excluding carboxylic acids is 1. The van der Waals surface area contributed by atoms with Gasteiger partial charge in [-0.2, -0.15) is 0 Å². The Kier molecular flexibility index (Phi) is 6.58. The summed E-state index contributed by atoms with van der Waals surface area (Å²) < 4.78 is 7.46. The number of ether oxygens (including phenoxy) is 1. The number of nitrogens with zero attached hydrogens (tertiary/aromatic N) is 3. The van der Waals surface area contributed by atoms with Crippen LogP contribution in [0.5, 0.6) is 5.75 Å². The Morgan fingerprint density at radius 3 is 2.84 bits per heavy atom. The van der Waals surface area contributed by atoms with E-state index in [1.165, 1.54) is 11.8 Å². The highest BCUT2D eigenvalue weighted by atomic mass is 32.2. The first-order valence-electron chi connectivity index (χ1n) is 10.4. The molecule has 8 heteroatoms. The quantitative estimate of drug-likeness (QED) is 0.548. The number of thioether (sulfide) groups is 1. The van der Waals surface area contributed by atoms with Gasteiger partial charge < -0.3 is 15.2 Å². The summed E-state index contributed by atoms with van der Waals surface area (Å²) >= 11 is 1.32. The van der Waals surface area contributed by atoms with Crippen LogP contribution >= 0.6 is 11.8 Å². The van der Waals surface area contributed by atoms with Crippen molar-refractivity contribution in [3.63, 3.8) is 0 Å². The zero-order chi connectivity index (χ0) is 21.8. The summed E-state index contributed by atoms with van der Waals surface area (Å²) in [5.41, 5.74) is 3.71. The molecular formula is C23H26N4O3S. The van der Waals surface area contributed by atoms with Crippen LogP contribution in [0.15, 0.2) is 47.6 Å². The van der Waals surface area contributed by atoms with Crippen LogP contribution in [-0.2, 0) is 9.53 Å². The molecule has 1 fully saturated rings. The fraction of sp³-hybridized carbons (Fsp3) is 0.348. The van der Waals surface area contributed by atoms with E-state index in [1.54, 1.807) is 12.1 Å². The molecule has 2 N–H and O–H groups in total. The molecule has 7 nitrogen and oxygen atoms in total. The zero-order valence-corrected chi connectivity index (χ0v) is 18.5. The van der Waals surface area contributed by atoms with Gasteiger partial charge in [0.05, 0.1) is 23.1 Å². The molecule has 1 aliphatic heterocycles. The van der Waals surface area contributed by atoms with E-state index in [9.17, 15) is 9.90 Å². The van der Waals surface area contributed by atoms with Crippen molar-refractivity contribution in [2.75, 3.05) is 18.9 Å². The van der Waals surface area contributed by atoms with Gasteiger partial charge in [-0.15, -0.1) is 10.2 Å². The van der Waals surface area contributed by atoms with Gasteiger partial charge in [0.15, 0.2) is 11.0 Å². The molecule has 0 unspecified atom stereocenters. The highest BCUT2D eigenvalue weighted by Gasteiger charge is 2.21. The maximum absolute atomic E-state index is 12.4. The fourth-order valence-electron chi connectivity index (χ4n) is 3.69. The number of para-hydroxylation sites is 1. The van der Waals surface area contributed by atoms with E-state index in [4.69, 9.17) is 4.74 Å². The van der Waals surface area contributed by atoms with Crippen LogP contribution in [0.2, 0.25) is 0 Å². The van der Waals surface area contributed by atoms with Crippen LogP contribution in [0, 0.1) is 13.8 Å². The predicted octanol–water partition coefficient (Wildman–Crippen LogP) is 3.64. The second-order valence-corrected chi connectivity index (χ2v) is 8.62. The van der Waals surface area contributed by atoms with Crippen LogP contribution in [0.1, 0.15) is 24.0 Å². The molecule has 2 heterocycles. The number of nitrogens with one attached hydrogen (secondary N) is 1. The van der Waals surface area contributed by atoms with Crippen LogP contribution in [0.3, 0.4) is 0 Å². The first-order valence-corrected chi connectivity index (χ1v) is 11.3. The van der Waals surface area contributed by atoms with Crippen LogP contribution in [-0.4, -0.2) is 50.8 Å². The summed E-state index contributed by atoms with van der Waals surface area (Å²) in [6, 6.07) is 13.2. The second-order valence-electron chi connectivity index (χ2n) is 7.68. The van der Waals surface area contributed by atoms with Gasteiger partial charge in [0.2, 0.25) is 5.91 Å². The Morgan fingerprint density at radius 1 is 1.26 bits per heavy atom. The average molecular weight is 439 g/mol. The van der Waals surface area contributed by atoms with E-state index in [0.717, 1.165) is 36.3 Å². The monoisotopic (exact) mass is 438 g/mol. The minimum atomic E-state index is -0.0696. The normalized spacial score (nSPS) is 15.9. The van der Waals surface area contributed by atoms with Crippen LogP contribution < -0.4 is 5.32 Å². The number of hydrogen-bond acceptors (Lipinski definition) is 6. The lowest BCUT2D eigenvalue weighted by Gasteiger charge is -2.14. The standard InChI is InChI=1S/C23H26N4O3S/c1-15-9-10-19(16(2)12-15)27-22(18-7-3-4-8-20(18)28)25-26-23(27)31-14-21(29)24-13-17-6-5-11-30-17/h3-4,7-10,12,17,28H,5-6,11,13-14H2,1-2H3,(H,24,29)/t17-/m1/s1. The molecule has 1 saturated heterocycles. The Labute approximate surface area is 185 Å². The van der Waals surface area contributed by atoms with Crippen molar-refractivity contribution in [2.45, 2.75) is 37.9 Å². The van der Waals surface area contributed by atoms with Crippen molar-refractivity contribution in [1.29, 1.82) is 0 Å². The number of rotatable bonds is 7. The smallest absolute Gasteiger partial charge is 0.230 e. The summed E-state index contributed by atoms with van der Waals surface area (Å²) in [5.74, 6) is 0.815. The third-order valence-electron chi connectivity index (χ3n) is 5.25. The number of aromatic hydroxyl groups is 1. The second kappa shape index (κ2) is 9.53. The van der Waals surface area contributed by atoms with Crippen molar-refractivity contribution in [3.8, 4) is 22.8 Å². The van der Waals surface area contributed by atoms with Crippen molar-refractivity contribution in [1.82, 2.24) is 20.1 Å². The Morgan fingerprint density at radius 2 is 2.10 bits per heavy atom. The Bertz CT molecular complexity index is 1080. The van der Waals surface area contributed by atoms with Gasteiger partial charge in [-0.1, -0.05) is 41.6 Å². The maximum Gasteiger partial charge on any atom is 0.230 e.